The van der Waals surface area contributed by atoms with Gasteiger partial charge in [0.2, 0.25) is 0 Å². The fourth-order valence-electron chi connectivity index (χ4n) is 1.63. The number of ether oxygens (including phenoxy) is 1. The van der Waals surface area contributed by atoms with Crippen molar-refractivity contribution < 1.29 is 14.9 Å². The Morgan fingerprint density at radius 1 is 1.12 bits per heavy atom. The van der Waals surface area contributed by atoms with Crippen LogP contribution in [-0.2, 0) is 11.3 Å². The molecule has 0 aliphatic heterocycles. The van der Waals surface area contributed by atoms with E-state index in [0.29, 0.717) is 19.6 Å². The predicted octanol–water partition coefficient (Wildman–Crippen LogP) is 1.97. The van der Waals surface area contributed by atoms with Crippen molar-refractivity contribution in [3.8, 4) is 0 Å². The van der Waals surface area contributed by atoms with E-state index in [1.54, 1.807) is 6.92 Å². The molecule has 1 rings (SSSR count). The molecule has 0 bridgehead atoms. The van der Waals surface area contributed by atoms with Gasteiger partial charge in [-0.3, -0.25) is 0 Å². The van der Waals surface area contributed by atoms with E-state index in [2.05, 4.69) is 0 Å². The summed E-state index contributed by atoms with van der Waals surface area (Å²) in [4.78, 5) is 0. The molecule has 3 heteroatoms. The quantitative estimate of drug-likeness (QED) is 0.763. The molecule has 0 amide bonds. The van der Waals surface area contributed by atoms with Gasteiger partial charge in [-0.15, -0.1) is 0 Å². The third-order valence-corrected chi connectivity index (χ3v) is 2.73. The predicted molar refractivity (Wildman–Crippen MR) is 67.6 cm³/mol. The summed E-state index contributed by atoms with van der Waals surface area (Å²) in [6, 6.07) is 9.95. The summed E-state index contributed by atoms with van der Waals surface area (Å²) in [5.41, 5.74) is 1.13. The van der Waals surface area contributed by atoms with Crippen LogP contribution in [0.15, 0.2) is 30.3 Å². The van der Waals surface area contributed by atoms with Crippen LogP contribution in [0.1, 0.15) is 25.8 Å². The van der Waals surface area contributed by atoms with Crippen LogP contribution in [0.5, 0.6) is 0 Å². The zero-order chi connectivity index (χ0) is 12.7. The van der Waals surface area contributed by atoms with Crippen molar-refractivity contribution >= 4 is 0 Å². The first-order chi connectivity index (χ1) is 8.09. The molecule has 96 valence electrons. The maximum absolute atomic E-state index is 9.75. The molecule has 2 N–H and O–H groups in total. The highest BCUT2D eigenvalue weighted by Gasteiger charge is 2.16. The lowest BCUT2D eigenvalue weighted by Gasteiger charge is -2.20. The SMILES string of the molecule is C[C@H](O)C[C@H](O)[C@@H](C)COCc1ccccc1. The first-order valence-corrected chi connectivity index (χ1v) is 6.07. The van der Waals surface area contributed by atoms with Gasteiger partial charge in [-0.05, 0) is 18.9 Å². The van der Waals surface area contributed by atoms with Gasteiger partial charge in [-0.2, -0.15) is 0 Å². The van der Waals surface area contributed by atoms with Crippen LogP contribution in [0, 0.1) is 5.92 Å². The molecule has 3 nitrogen and oxygen atoms in total. The standard InChI is InChI=1S/C14H22O3/c1-11(14(16)8-12(2)15)9-17-10-13-6-4-3-5-7-13/h3-7,11-12,14-16H,8-10H2,1-2H3/t11-,12-,14-/m0/s1. The van der Waals surface area contributed by atoms with Crippen molar-refractivity contribution in [2.75, 3.05) is 6.61 Å². The summed E-state index contributed by atoms with van der Waals surface area (Å²) in [6.45, 7) is 4.67. The Morgan fingerprint density at radius 3 is 2.35 bits per heavy atom. The topological polar surface area (TPSA) is 49.7 Å². The van der Waals surface area contributed by atoms with Crippen LogP contribution in [0.3, 0.4) is 0 Å². The molecule has 0 saturated heterocycles. The lowest BCUT2D eigenvalue weighted by molar-refractivity contribution is 0.00612. The zero-order valence-corrected chi connectivity index (χ0v) is 10.5. The first kappa shape index (κ1) is 14.2. The molecule has 1 aromatic carbocycles. The van der Waals surface area contributed by atoms with Crippen molar-refractivity contribution in [3.63, 3.8) is 0 Å². The highest BCUT2D eigenvalue weighted by atomic mass is 16.5. The fraction of sp³-hybridized carbons (Fsp3) is 0.571. The molecule has 0 spiro atoms. The second kappa shape index (κ2) is 7.43. The van der Waals surface area contributed by atoms with E-state index < -0.39 is 12.2 Å². The molecule has 17 heavy (non-hydrogen) atoms. The fourth-order valence-corrected chi connectivity index (χ4v) is 1.63. The summed E-state index contributed by atoms with van der Waals surface area (Å²) in [7, 11) is 0. The Kier molecular flexibility index (Phi) is 6.19. The molecule has 0 saturated carbocycles. The van der Waals surface area contributed by atoms with Gasteiger partial charge in [0.05, 0.1) is 25.4 Å². The number of hydrogen-bond acceptors (Lipinski definition) is 3. The highest BCUT2D eigenvalue weighted by Crippen LogP contribution is 2.11. The maximum atomic E-state index is 9.75. The lowest BCUT2D eigenvalue weighted by atomic mass is 10.0. The number of aliphatic hydroxyl groups is 2. The van der Waals surface area contributed by atoms with Gasteiger partial charge in [0.15, 0.2) is 0 Å². The van der Waals surface area contributed by atoms with E-state index >= 15 is 0 Å². The Morgan fingerprint density at radius 2 is 1.76 bits per heavy atom. The first-order valence-electron chi connectivity index (χ1n) is 6.07. The lowest BCUT2D eigenvalue weighted by Crippen LogP contribution is -2.26. The summed E-state index contributed by atoms with van der Waals surface area (Å²) in [6.07, 6.45) is -0.581. The van der Waals surface area contributed by atoms with Gasteiger partial charge in [0.1, 0.15) is 0 Å². The third kappa shape index (κ3) is 5.82. The van der Waals surface area contributed by atoms with Crippen LogP contribution in [0.25, 0.3) is 0 Å². The summed E-state index contributed by atoms with van der Waals surface area (Å²) >= 11 is 0. The molecule has 3 atom stereocenters. The van der Waals surface area contributed by atoms with E-state index in [4.69, 9.17) is 4.74 Å². The number of aliphatic hydroxyl groups excluding tert-OH is 2. The van der Waals surface area contributed by atoms with Gasteiger partial charge < -0.3 is 14.9 Å². The zero-order valence-electron chi connectivity index (χ0n) is 10.5. The molecule has 0 fully saturated rings. The minimum Gasteiger partial charge on any atom is -0.393 e. The smallest absolute Gasteiger partial charge is 0.0717 e. The van der Waals surface area contributed by atoms with Crippen molar-refractivity contribution in [2.24, 2.45) is 5.92 Å². The molecule has 1 aromatic rings. The van der Waals surface area contributed by atoms with Crippen molar-refractivity contribution in [3.05, 3.63) is 35.9 Å². The summed E-state index contributed by atoms with van der Waals surface area (Å²) in [5.74, 6) is 0.0355. The molecule has 0 heterocycles. The summed E-state index contributed by atoms with van der Waals surface area (Å²) in [5, 5.41) is 18.9. The van der Waals surface area contributed by atoms with Crippen LogP contribution in [0.4, 0.5) is 0 Å². The summed E-state index contributed by atoms with van der Waals surface area (Å²) < 4.78 is 5.54. The van der Waals surface area contributed by atoms with Gasteiger partial charge in [0.25, 0.3) is 0 Å². The van der Waals surface area contributed by atoms with Gasteiger partial charge in [-0.1, -0.05) is 37.3 Å². The molecule has 0 radical (unpaired) electrons. The second-order valence-electron chi connectivity index (χ2n) is 4.63. The van der Waals surface area contributed by atoms with Crippen molar-refractivity contribution in [2.45, 2.75) is 39.1 Å². The van der Waals surface area contributed by atoms with E-state index in [9.17, 15) is 10.2 Å². The van der Waals surface area contributed by atoms with E-state index in [-0.39, 0.29) is 5.92 Å². The number of hydrogen-bond donors (Lipinski definition) is 2. The highest BCUT2D eigenvalue weighted by molar-refractivity contribution is 5.13. The number of benzene rings is 1. The molecule has 0 aliphatic carbocycles. The molecule has 0 unspecified atom stereocenters. The monoisotopic (exact) mass is 238 g/mol. The van der Waals surface area contributed by atoms with Crippen LogP contribution >= 0.6 is 0 Å². The van der Waals surface area contributed by atoms with E-state index in [0.717, 1.165) is 5.56 Å². The number of rotatable bonds is 7. The van der Waals surface area contributed by atoms with E-state index in [1.165, 1.54) is 0 Å². The van der Waals surface area contributed by atoms with Crippen LogP contribution in [-0.4, -0.2) is 29.0 Å². The Bertz CT molecular complexity index is 298. The van der Waals surface area contributed by atoms with Crippen LogP contribution < -0.4 is 0 Å². The largest absolute Gasteiger partial charge is 0.393 e. The second-order valence-corrected chi connectivity index (χ2v) is 4.63. The normalized spacial score (nSPS) is 16.5. The van der Waals surface area contributed by atoms with Crippen molar-refractivity contribution in [1.29, 1.82) is 0 Å². The van der Waals surface area contributed by atoms with Crippen LogP contribution in [0.2, 0.25) is 0 Å². The molecular formula is C14H22O3. The Hall–Kier alpha value is -0.900. The Labute approximate surface area is 103 Å². The van der Waals surface area contributed by atoms with Crippen molar-refractivity contribution in [1.82, 2.24) is 0 Å². The average Bonchev–Trinajstić information content (AvgIpc) is 2.29. The average molecular weight is 238 g/mol. The van der Waals surface area contributed by atoms with E-state index in [1.807, 2.05) is 37.3 Å². The van der Waals surface area contributed by atoms with Gasteiger partial charge in [-0.25, -0.2) is 0 Å². The third-order valence-electron chi connectivity index (χ3n) is 2.73. The minimum atomic E-state index is -0.509. The molecule has 0 aromatic heterocycles. The molecule has 0 aliphatic rings. The maximum Gasteiger partial charge on any atom is 0.0717 e. The minimum absolute atomic E-state index is 0.0355. The van der Waals surface area contributed by atoms with Gasteiger partial charge in [0, 0.05) is 5.92 Å². The molecular weight excluding hydrogens is 216 g/mol. The van der Waals surface area contributed by atoms with Gasteiger partial charge >= 0.3 is 0 Å². The Balaban J connectivity index is 2.22.